The summed E-state index contributed by atoms with van der Waals surface area (Å²) in [5, 5.41) is 16.5. The molecule has 0 atom stereocenters. The average molecular weight is 386 g/mol. The summed E-state index contributed by atoms with van der Waals surface area (Å²) in [6.07, 6.45) is 4.17. The second-order valence-corrected chi connectivity index (χ2v) is 7.01. The van der Waals surface area contributed by atoms with Crippen LogP contribution in [0.15, 0.2) is 28.8 Å². The van der Waals surface area contributed by atoms with Crippen molar-refractivity contribution in [3.05, 3.63) is 35.7 Å². The summed E-state index contributed by atoms with van der Waals surface area (Å²) in [6, 6.07) is 6.56. The maximum Gasteiger partial charge on any atom is 0.414 e. The SMILES string of the molecule is CCN(C(=O)O)C(=O)c1ccc(-c2noc(CCCC3CCNCC3)n2)cc1. The monoisotopic (exact) mass is 386 g/mol. The highest BCUT2D eigenvalue weighted by Crippen LogP contribution is 2.21. The molecule has 0 radical (unpaired) electrons. The van der Waals surface area contributed by atoms with Crippen molar-refractivity contribution in [2.75, 3.05) is 19.6 Å². The summed E-state index contributed by atoms with van der Waals surface area (Å²) < 4.78 is 5.35. The molecule has 1 aromatic heterocycles. The minimum atomic E-state index is -1.26. The van der Waals surface area contributed by atoms with Crippen LogP contribution in [0.3, 0.4) is 0 Å². The van der Waals surface area contributed by atoms with Crippen LogP contribution >= 0.6 is 0 Å². The quantitative estimate of drug-likeness (QED) is 0.752. The van der Waals surface area contributed by atoms with Crippen LogP contribution in [0.25, 0.3) is 11.4 Å². The van der Waals surface area contributed by atoms with Crippen LogP contribution in [-0.4, -0.2) is 51.8 Å². The van der Waals surface area contributed by atoms with Gasteiger partial charge in [-0.3, -0.25) is 4.79 Å². The predicted octanol–water partition coefficient (Wildman–Crippen LogP) is 3.20. The highest BCUT2D eigenvalue weighted by molar-refractivity contribution is 6.02. The van der Waals surface area contributed by atoms with E-state index in [1.807, 2.05) is 0 Å². The molecular weight excluding hydrogens is 360 g/mol. The molecule has 2 aromatic rings. The number of piperidine rings is 1. The lowest BCUT2D eigenvalue weighted by Crippen LogP contribution is -2.35. The predicted molar refractivity (Wildman–Crippen MR) is 103 cm³/mol. The van der Waals surface area contributed by atoms with E-state index in [2.05, 4.69) is 15.5 Å². The normalized spacial score (nSPS) is 14.8. The molecule has 1 fully saturated rings. The number of nitrogens with one attached hydrogen (secondary N) is 1. The number of hydrogen-bond donors (Lipinski definition) is 2. The van der Waals surface area contributed by atoms with Gasteiger partial charge in [-0.05, 0) is 63.7 Å². The van der Waals surface area contributed by atoms with Crippen LogP contribution in [0.4, 0.5) is 4.79 Å². The van der Waals surface area contributed by atoms with Crippen molar-refractivity contribution in [2.45, 2.75) is 39.0 Å². The molecule has 8 heteroatoms. The van der Waals surface area contributed by atoms with Crippen LogP contribution in [0, 0.1) is 5.92 Å². The first kappa shape index (κ1) is 20.0. The van der Waals surface area contributed by atoms with E-state index in [1.165, 1.54) is 19.3 Å². The van der Waals surface area contributed by atoms with Crippen LogP contribution in [0.2, 0.25) is 0 Å². The smallest absolute Gasteiger partial charge is 0.414 e. The van der Waals surface area contributed by atoms with Gasteiger partial charge in [-0.1, -0.05) is 17.3 Å². The summed E-state index contributed by atoms with van der Waals surface area (Å²) in [4.78, 5) is 28.5. The summed E-state index contributed by atoms with van der Waals surface area (Å²) in [5.41, 5.74) is 1.03. The Labute approximate surface area is 163 Å². The number of aryl methyl sites for hydroxylation is 1. The maximum absolute atomic E-state index is 12.2. The van der Waals surface area contributed by atoms with E-state index in [9.17, 15) is 9.59 Å². The fourth-order valence-corrected chi connectivity index (χ4v) is 3.47. The van der Waals surface area contributed by atoms with E-state index >= 15 is 0 Å². The zero-order chi connectivity index (χ0) is 19.9. The van der Waals surface area contributed by atoms with Crippen LogP contribution in [0.1, 0.15) is 48.9 Å². The molecular formula is C20H26N4O4. The van der Waals surface area contributed by atoms with E-state index in [0.29, 0.717) is 17.3 Å². The van der Waals surface area contributed by atoms with Crippen LogP contribution in [0.5, 0.6) is 0 Å². The van der Waals surface area contributed by atoms with Gasteiger partial charge in [-0.25, -0.2) is 9.69 Å². The van der Waals surface area contributed by atoms with E-state index in [4.69, 9.17) is 9.63 Å². The minimum Gasteiger partial charge on any atom is -0.465 e. The molecule has 1 aliphatic heterocycles. The fourth-order valence-electron chi connectivity index (χ4n) is 3.47. The Hall–Kier alpha value is -2.74. The van der Waals surface area contributed by atoms with Gasteiger partial charge in [0.2, 0.25) is 11.7 Å². The molecule has 1 aromatic carbocycles. The number of nitrogens with zero attached hydrogens (tertiary/aromatic N) is 3. The fraction of sp³-hybridized carbons (Fsp3) is 0.500. The Morgan fingerprint density at radius 2 is 1.96 bits per heavy atom. The number of carbonyl (C=O) groups excluding carboxylic acids is 1. The third-order valence-corrected chi connectivity index (χ3v) is 5.11. The highest BCUT2D eigenvalue weighted by Gasteiger charge is 2.20. The Kier molecular flexibility index (Phi) is 6.76. The van der Waals surface area contributed by atoms with Crippen LogP contribution < -0.4 is 5.32 Å². The lowest BCUT2D eigenvalue weighted by molar-refractivity contribution is 0.0751. The largest absolute Gasteiger partial charge is 0.465 e. The Morgan fingerprint density at radius 3 is 2.61 bits per heavy atom. The summed E-state index contributed by atoms with van der Waals surface area (Å²) in [7, 11) is 0. The minimum absolute atomic E-state index is 0.0987. The van der Waals surface area contributed by atoms with Crippen molar-refractivity contribution < 1.29 is 19.2 Å². The zero-order valence-electron chi connectivity index (χ0n) is 16.1. The number of carbonyl (C=O) groups is 2. The first-order valence-electron chi connectivity index (χ1n) is 9.77. The van der Waals surface area contributed by atoms with Gasteiger partial charge >= 0.3 is 6.09 Å². The topological polar surface area (TPSA) is 109 Å². The molecule has 2 N–H and O–H groups in total. The third kappa shape index (κ3) is 4.95. The van der Waals surface area contributed by atoms with Crippen molar-refractivity contribution in [3.8, 4) is 11.4 Å². The first-order chi connectivity index (χ1) is 13.6. The molecule has 1 aliphatic rings. The molecule has 1 saturated heterocycles. The number of amides is 2. The Morgan fingerprint density at radius 1 is 1.25 bits per heavy atom. The van der Waals surface area contributed by atoms with Gasteiger partial charge in [0.05, 0.1) is 0 Å². The van der Waals surface area contributed by atoms with Gasteiger partial charge in [0, 0.05) is 24.1 Å². The van der Waals surface area contributed by atoms with E-state index in [1.54, 1.807) is 31.2 Å². The van der Waals surface area contributed by atoms with Gasteiger partial charge in [-0.15, -0.1) is 0 Å². The maximum atomic E-state index is 12.2. The summed E-state index contributed by atoms with van der Waals surface area (Å²) in [5.74, 6) is 1.32. The Bertz CT molecular complexity index is 797. The van der Waals surface area contributed by atoms with Crippen molar-refractivity contribution in [1.29, 1.82) is 0 Å². The van der Waals surface area contributed by atoms with Crippen molar-refractivity contribution in [3.63, 3.8) is 0 Å². The zero-order valence-corrected chi connectivity index (χ0v) is 16.1. The number of carboxylic acid groups (broad SMARTS) is 1. The van der Waals surface area contributed by atoms with Crippen molar-refractivity contribution >= 4 is 12.0 Å². The lowest BCUT2D eigenvalue weighted by Gasteiger charge is -2.21. The molecule has 28 heavy (non-hydrogen) atoms. The summed E-state index contributed by atoms with van der Waals surface area (Å²) in [6.45, 7) is 3.93. The van der Waals surface area contributed by atoms with Gasteiger partial charge < -0.3 is 14.9 Å². The molecule has 0 aliphatic carbocycles. The molecule has 0 spiro atoms. The number of benzene rings is 1. The number of aromatic nitrogens is 2. The van der Waals surface area contributed by atoms with Gasteiger partial charge in [0.15, 0.2) is 0 Å². The van der Waals surface area contributed by atoms with Gasteiger partial charge in [-0.2, -0.15) is 4.98 Å². The lowest BCUT2D eigenvalue weighted by atomic mass is 9.92. The van der Waals surface area contributed by atoms with Gasteiger partial charge in [0.25, 0.3) is 5.91 Å². The van der Waals surface area contributed by atoms with E-state index in [0.717, 1.165) is 42.3 Å². The van der Waals surface area contributed by atoms with Gasteiger partial charge in [0.1, 0.15) is 0 Å². The Balaban J connectivity index is 1.57. The average Bonchev–Trinajstić information content (AvgIpc) is 3.18. The van der Waals surface area contributed by atoms with E-state index < -0.39 is 12.0 Å². The highest BCUT2D eigenvalue weighted by atomic mass is 16.5. The molecule has 0 bridgehead atoms. The molecule has 8 nitrogen and oxygen atoms in total. The molecule has 0 unspecified atom stereocenters. The summed E-state index contributed by atoms with van der Waals surface area (Å²) >= 11 is 0. The number of imide groups is 1. The standard InChI is InChI=1S/C20H26N4O4/c1-2-24(20(26)27)19(25)16-8-6-15(7-9-16)18-22-17(28-23-18)5-3-4-14-10-12-21-13-11-14/h6-9,14,21H,2-5,10-13H2,1H3,(H,26,27). The third-order valence-electron chi connectivity index (χ3n) is 5.11. The van der Waals surface area contributed by atoms with Crippen molar-refractivity contribution in [2.24, 2.45) is 5.92 Å². The van der Waals surface area contributed by atoms with E-state index in [-0.39, 0.29) is 6.54 Å². The van der Waals surface area contributed by atoms with Crippen molar-refractivity contribution in [1.82, 2.24) is 20.4 Å². The number of rotatable bonds is 7. The number of hydrogen-bond acceptors (Lipinski definition) is 6. The molecule has 0 saturated carbocycles. The first-order valence-corrected chi connectivity index (χ1v) is 9.77. The molecule has 2 amide bonds. The molecule has 2 heterocycles. The molecule has 3 rings (SSSR count). The molecule has 150 valence electrons. The second-order valence-electron chi connectivity index (χ2n) is 7.01. The second kappa shape index (κ2) is 9.45. The van der Waals surface area contributed by atoms with Crippen LogP contribution in [-0.2, 0) is 6.42 Å².